The summed E-state index contributed by atoms with van der Waals surface area (Å²) in [6.45, 7) is 0. The lowest BCUT2D eigenvalue weighted by Crippen LogP contribution is -2.05. The largest absolute Gasteiger partial charge is 0.294 e. The van der Waals surface area contributed by atoms with Crippen LogP contribution in [-0.2, 0) is 6.42 Å². The van der Waals surface area contributed by atoms with Crippen LogP contribution < -0.4 is 0 Å². The van der Waals surface area contributed by atoms with Gasteiger partial charge >= 0.3 is 0 Å². The van der Waals surface area contributed by atoms with Gasteiger partial charge in [-0.05, 0) is 42.0 Å². The molecule has 0 radical (unpaired) electrons. The normalized spacial score (nSPS) is 10.5. The Morgan fingerprint density at radius 3 is 2.42 bits per heavy atom. The van der Waals surface area contributed by atoms with Crippen molar-refractivity contribution >= 4 is 29.0 Å². The molecular weight excluding hydrogens is 293 g/mol. The van der Waals surface area contributed by atoms with Crippen LogP contribution in [0.15, 0.2) is 36.4 Å². The lowest BCUT2D eigenvalue weighted by molar-refractivity contribution is 0.0991. The van der Waals surface area contributed by atoms with Gasteiger partial charge in [0, 0.05) is 17.0 Å². The highest BCUT2D eigenvalue weighted by molar-refractivity contribution is 6.31. The van der Waals surface area contributed by atoms with Crippen LogP contribution in [0.1, 0.15) is 15.9 Å². The molecule has 0 amide bonds. The van der Waals surface area contributed by atoms with Gasteiger partial charge in [-0.3, -0.25) is 4.79 Å². The van der Waals surface area contributed by atoms with Crippen molar-refractivity contribution in [2.45, 2.75) is 6.42 Å². The number of hydrogen-bond acceptors (Lipinski definition) is 1. The number of Topliss-reactive ketones (excluding diaryl/α,β-unsaturated/α-hetero) is 1. The summed E-state index contributed by atoms with van der Waals surface area (Å²) in [4.78, 5) is 11.9. The molecule has 2 aromatic carbocycles. The average molecular weight is 301 g/mol. The van der Waals surface area contributed by atoms with Crippen LogP contribution in [0.4, 0.5) is 8.78 Å². The highest BCUT2D eigenvalue weighted by Gasteiger charge is 2.12. The first-order chi connectivity index (χ1) is 8.97. The van der Waals surface area contributed by atoms with Gasteiger partial charge in [0.05, 0.1) is 5.02 Å². The molecule has 1 nitrogen and oxygen atoms in total. The zero-order valence-electron chi connectivity index (χ0n) is 9.59. The summed E-state index contributed by atoms with van der Waals surface area (Å²) in [5, 5.41) is 0.275. The molecule has 0 aliphatic rings. The lowest BCUT2D eigenvalue weighted by atomic mass is 10.0. The summed E-state index contributed by atoms with van der Waals surface area (Å²) in [7, 11) is 0. The maximum atomic E-state index is 13.5. The van der Waals surface area contributed by atoms with Gasteiger partial charge in [-0.1, -0.05) is 23.2 Å². The predicted molar refractivity (Wildman–Crippen MR) is 70.9 cm³/mol. The summed E-state index contributed by atoms with van der Waals surface area (Å²) in [5.74, 6) is -1.61. The second kappa shape index (κ2) is 5.68. The summed E-state index contributed by atoms with van der Waals surface area (Å²) < 4.78 is 26.7. The molecule has 0 aliphatic heterocycles. The van der Waals surface area contributed by atoms with Gasteiger partial charge in [-0.2, -0.15) is 0 Å². The summed E-state index contributed by atoms with van der Waals surface area (Å²) in [5.41, 5.74) is 0.314. The zero-order valence-corrected chi connectivity index (χ0v) is 11.1. The van der Waals surface area contributed by atoms with E-state index in [1.807, 2.05) is 0 Å². The van der Waals surface area contributed by atoms with Crippen molar-refractivity contribution in [1.82, 2.24) is 0 Å². The Kier molecular flexibility index (Phi) is 4.17. The molecular formula is C14H8Cl2F2O. The van der Waals surface area contributed by atoms with Gasteiger partial charge in [-0.25, -0.2) is 8.78 Å². The third-order valence-electron chi connectivity index (χ3n) is 2.60. The van der Waals surface area contributed by atoms with E-state index in [2.05, 4.69) is 0 Å². The third-order valence-corrected chi connectivity index (χ3v) is 3.14. The van der Waals surface area contributed by atoms with Crippen LogP contribution in [0.3, 0.4) is 0 Å². The Morgan fingerprint density at radius 2 is 1.74 bits per heavy atom. The number of rotatable bonds is 3. The minimum Gasteiger partial charge on any atom is -0.294 e. The van der Waals surface area contributed by atoms with Crippen molar-refractivity contribution < 1.29 is 13.6 Å². The van der Waals surface area contributed by atoms with E-state index in [1.54, 1.807) is 0 Å². The van der Waals surface area contributed by atoms with Crippen molar-refractivity contribution in [2.75, 3.05) is 0 Å². The second-order valence-corrected chi connectivity index (χ2v) is 4.81. The molecule has 0 aromatic heterocycles. The minimum atomic E-state index is -0.681. The predicted octanol–water partition coefficient (Wildman–Crippen LogP) is 4.70. The highest BCUT2D eigenvalue weighted by atomic mass is 35.5. The van der Waals surface area contributed by atoms with Gasteiger partial charge in [0.2, 0.25) is 0 Å². The fourth-order valence-corrected chi connectivity index (χ4v) is 1.94. The molecule has 98 valence electrons. The van der Waals surface area contributed by atoms with Gasteiger partial charge in [-0.15, -0.1) is 0 Å². The maximum Gasteiger partial charge on any atom is 0.167 e. The van der Waals surface area contributed by atoms with Gasteiger partial charge in [0.25, 0.3) is 0 Å². The summed E-state index contributed by atoms with van der Waals surface area (Å²) in [6, 6.07) is 7.68. The highest BCUT2D eigenvalue weighted by Crippen LogP contribution is 2.19. The van der Waals surface area contributed by atoms with Gasteiger partial charge < -0.3 is 0 Å². The second-order valence-electron chi connectivity index (χ2n) is 3.96. The minimum absolute atomic E-state index is 0.0644. The van der Waals surface area contributed by atoms with Gasteiger partial charge in [0.1, 0.15) is 11.6 Å². The van der Waals surface area contributed by atoms with E-state index in [0.29, 0.717) is 5.02 Å². The van der Waals surface area contributed by atoms with Crippen molar-refractivity contribution in [3.63, 3.8) is 0 Å². The molecule has 19 heavy (non-hydrogen) atoms. The number of ketones is 1. The molecule has 2 rings (SSSR count). The van der Waals surface area contributed by atoms with E-state index in [-0.39, 0.29) is 22.6 Å². The quantitative estimate of drug-likeness (QED) is 0.751. The fourth-order valence-electron chi connectivity index (χ4n) is 1.62. The number of carbonyl (C=O) groups excluding carboxylic acids is 1. The molecule has 0 saturated carbocycles. The molecule has 0 aliphatic carbocycles. The van der Waals surface area contributed by atoms with Gasteiger partial charge in [0.15, 0.2) is 5.78 Å². The van der Waals surface area contributed by atoms with E-state index < -0.39 is 17.4 Å². The van der Waals surface area contributed by atoms with E-state index in [4.69, 9.17) is 23.2 Å². The van der Waals surface area contributed by atoms with Crippen molar-refractivity contribution in [1.29, 1.82) is 0 Å². The van der Waals surface area contributed by atoms with Crippen molar-refractivity contribution in [3.8, 4) is 0 Å². The molecule has 0 fully saturated rings. The van der Waals surface area contributed by atoms with Crippen molar-refractivity contribution in [2.24, 2.45) is 0 Å². The Labute approximate surface area is 118 Å². The molecule has 5 heteroatoms. The van der Waals surface area contributed by atoms with Crippen LogP contribution in [-0.4, -0.2) is 5.78 Å². The topological polar surface area (TPSA) is 17.1 Å². The lowest BCUT2D eigenvalue weighted by Gasteiger charge is -2.04. The van der Waals surface area contributed by atoms with Crippen LogP contribution >= 0.6 is 23.2 Å². The first-order valence-electron chi connectivity index (χ1n) is 5.39. The van der Waals surface area contributed by atoms with E-state index >= 15 is 0 Å². The molecule has 0 heterocycles. The monoisotopic (exact) mass is 300 g/mol. The number of carbonyl (C=O) groups is 1. The Balaban J connectivity index is 2.25. The smallest absolute Gasteiger partial charge is 0.167 e. The molecule has 0 spiro atoms. The summed E-state index contributed by atoms with van der Waals surface area (Å²) in [6.07, 6.45) is -0.187. The third kappa shape index (κ3) is 3.31. The standard InChI is InChI=1S/C14H8Cl2F2O/c15-10-2-4-12(17)9(5-10)7-14(19)8-1-3-11(16)13(18)6-8/h1-6H,7H2. The molecule has 0 unspecified atom stereocenters. The molecule has 0 bridgehead atoms. The van der Waals surface area contributed by atoms with E-state index in [1.165, 1.54) is 30.3 Å². The number of halogens is 4. The molecule has 0 atom stereocenters. The van der Waals surface area contributed by atoms with Crippen LogP contribution in [0.2, 0.25) is 10.0 Å². The SMILES string of the molecule is O=C(Cc1cc(Cl)ccc1F)c1ccc(Cl)c(F)c1. The van der Waals surface area contributed by atoms with Crippen molar-refractivity contribution in [3.05, 3.63) is 69.2 Å². The van der Waals surface area contributed by atoms with E-state index in [9.17, 15) is 13.6 Å². The first-order valence-corrected chi connectivity index (χ1v) is 6.15. The van der Waals surface area contributed by atoms with Crippen LogP contribution in [0.5, 0.6) is 0 Å². The average Bonchev–Trinajstić information content (AvgIpc) is 2.37. The Hall–Kier alpha value is -1.45. The Morgan fingerprint density at radius 1 is 1.00 bits per heavy atom. The fraction of sp³-hybridized carbons (Fsp3) is 0.0714. The molecule has 0 N–H and O–H groups in total. The van der Waals surface area contributed by atoms with Crippen LogP contribution in [0.25, 0.3) is 0 Å². The van der Waals surface area contributed by atoms with E-state index in [0.717, 1.165) is 6.07 Å². The molecule has 2 aromatic rings. The zero-order chi connectivity index (χ0) is 14.0. The summed E-state index contributed by atoms with van der Waals surface area (Å²) >= 11 is 11.3. The first kappa shape index (κ1) is 14.0. The Bertz CT molecular complexity index is 641. The van der Waals surface area contributed by atoms with Crippen LogP contribution in [0, 0.1) is 11.6 Å². The molecule has 0 saturated heterocycles. The number of benzene rings is 2. The maximum absolute atomic E-state index is 13.5. The number of hydrogen-bond donors (Lipinski definition) is 0.